The van der Waals surface area contributed by atoms with Gasteiger partial charge in [0.05, 0.1) is 11.5 Å². The molecule has 0 aliphatic carbocycles. The quantitative estimate of drug-likeness (QED) is 0.405. The molecule has 206 valence electrons. The molecule has 2 aromatic rings. The Balaban J connectivity index is 1.33. The molecule has 2 saturated heterocycles. The third kappa shape index (κ3) is 5.65. The van der Waals surface area contributed by atoms with Gasteiger partial charge in [0, 0.05) is 18.2 Å². The summed E-state index contributed by atoms with van der Waals surface area (Å²) in [4.78, 5) is 39.7. The van der Waals surface area contributed by atoms with Crippen molar-refractivity contribution >= 4 is 18.0 Å². The topological polar surface area (TPSA) is 129 Å². The van der Waals surface area contributed by atoms with Crippen LogP contribution in [0.1, 0.15) is 36.4 Å². The molecule has 0 unspecified atom stereocenters. The Bertz CT molecular complexity index is 1330. The summed E-state index contributed by atoms with van der Waals surface area (Å²) in [7, 11) is 0. The Kier molecular flexibility index (Phi) is 8.06. The minimum absolute atomic E-state index is 0.0504. The molecule has 2 fully saturated rings. The summed E-state index contributed by atoms with van der Waals surface area (Å²) in [5.41, 5.74) is 4.35. The Hall–Kier alpha value is -4.18. The average Bonchev–Trinajstić information content (AvgIpc) is 3.26. The van der Waals surface area contributed by atoms with Crippen molar-refractivity contribution in [1.82, 2.24) is 15.1 Å². The normalized spacial score (nSPS) is 20.8. The summed E-state index contributed by atoms with van der Waals surface area (Å²) in [5.74, 6) is -4.92. The van der Waals surface area contributed by atoms with E-state index < -0.39 is 58.9 Å². The molecule has 2 atom stereocenters. The lowest BCUT2D eigenvalue weighted by molar-refractivity contribution is -0.125. The molecular formula is C26H25F4N5O4. The van der Waals surface area contributed by atoms with Crippen LogP contribution in [0.4, 0.5) is 27.2 Å². The van der Waals surface area contributed by atoms with Gasteiger partial charge in [-0.1, -0.05) is 12.1 Å². The number of piperidine rings is 1. The monoisotopic (exact) mass is 547 g/mol. The summed E-state index contributed by atoms with van der Waals surface area (Å²) in [6.07, 6.45) is -1.64. The molecule has 2 aliphatic heterocycles. The van der Waals surface area contributed by atoms with Crippen LogP contribution < -0.4 is 11.1 Å². The maximum absolute atomic E-state index is 14.3. The van der Waals surface area contributed by atoms with E-state index in [9.17, 15) is 37.2 Å². The number of urea groups is 1. The number of primary amides is 1. The number of carbonyl (C=O) groups is 3. The van der Waals surface area contributed by atoms with Crippen molar-refractivity contribution in [1.29, 1.82) is 5.26 Å². The first-order valence-electron chi connectivity index (χ1n) is 12.2. The lowest BCUT2D eigenvalue weighted by Crippen LogP contribution is -2.45. The summed E-state index contributed by atoms with van der Waals surface area (Å²) in [5, 5.41) is 12.3. The molecule has 4 amide bonds. The molecule has 0 aromatic heterocycles. The Labute approximate surface area is 221 Å². The van der Waals surface area contributed by atoms with E-state index in [2.05, 4.69) is 11.4 Å². The first-order chi connectivity index (χ1) is 18.6. The first kappa shape index (κ1) is 27.8. The van der Waals surface area contributed by atoms with Gasteiger partial charge in [0.1, 0.15) is 17.7 Å². The van der Waals surface area contributed by atoms with Gasteiger partial charge >= 0.3 is 12.1 Å². The number of halogens is 4. The highest BCUT2D eigenvalue weighted by Crippen LogP contribution is 2.37. The van der Waals surface area contributed by atoms with Crippen molar-refractivity contribution in [2.24, 2.45) is 5.73 Å². The van der Waals surface area contributed by atoms with E-state index in [1.807, 2.05) is 4.90 Å². The number of benzene rings is 2. The fraction of sp³-hybridized carbons (Fsp3) is 0.385. The molecule has 2 aliphatic rings. The van der Waals surface area contributed by atoms with Gasteiger partial charge in [0.2, 0.25) is 6.10 Å². The van der Waals surface area contributed by atoms with Crippen LogP contribution in [-0.2, 0) is 14.9 Å². The molecule has 2 heterocycles. The largest absolute Gasteiger partial charge is 0.433 e. The zero-order chi connectivity index (χ0) is 28.3. The van der Waals surface area contributed by atoms with Crippen LogP contribution in [0.3, 0.4) is 0 Å². The van der Waals surface area contributed by atoms with Gasteiger partial charge in [-0.25, -0.2) is 32.1 Å². The zero-order valence-electron chi connectivity index (χ0n) is 20.6. The summed E-state index contributed by atoms with van der Waals surface area (Å²) < 4.78 is 59.8. The maximum Gasteiger partial charge on any atom is 0.419 e. The predicted molar refractivity (Wildman–Crippen MR) is 128 cm³/mol. The standard InChI is InChI=1S/C26H25F4N5O4/c27-16-3-4-17(19(29)13-16)26(14-31)6-10-34(11-7-26)9-1-8-33-24(37)35-21(22(23(32)36)39-25(35)38)15-2-5-18(28)20(30)12-15/h2-5,12-13,21-22H,1,6-11H2,(H2,32,36)(H,33,37)/t21-,22+/m0/s1. The highest BCUT2D eigenvalue weighted by molar-refractivity contribution is 5.96. The van der Waals surface area contributed by atoms with E-state index in [4.69, 9.17) is 10.5 Å². The van der Waals surface area contributed by atoms with E-state index in [0.717, 1.165) is 30.3 Å². The van der Waals surface area contributed by atoms with Gasteiger partial charge in [0.15, 0.2) is 11.6 Å². The number of imide groups is 1. The fourth-order valence-corrected chi connectivity index (χ4v) is 4.98. The summed E-state index contributed by atoms with van der Waals surface area (Å²) in [6, 6.07) is 5.77. The Morgan fingerprint density at radius 3 is 2.41 bits per heavy atom. The molecule has 39 heavy (non-hydrogen) atoms. The van der Waals surface area contributed by atoms with Crippen LogP contribution in [0.5, 0.6) is 0 Å². The average molecular weight is 548 g/mol. The number of hydrogen-bond acceptors (Lipinski definition) is 6. The van der Waals surface area contributed by atoms with Gasteiger partial charge < -0.3 is 20.7 Å². The van der Waals surface area contributed by atoms with E-state index in [1.165, 1.54) is 6.07 Å². The van der Waals surface area contributed by atoms with E-state index in [0.29, 0.717) is 43.8 Å². The molecule has 0 spiro atoms. The van der Waals surface area contributed by atoms with Crippen molar-refractivity contribution in [3.8, 4) is 6.07 Å². The van der Waals surface area contributed by atoms with E-state index >= 15 is 0 Å². The highest BCUT2D eigenvalue weighted by atomic mass is 19.2. The summed E-state index contributed by atoms with van der Waals surface area (Å²) in [6.45, 7) is 1.56. The minimum atomic E-state index is -1.59. The number of amides is 4. The number of hydrogen-bond donors (Lipinski definition) is 2. The Morgan fingerprint density at radius 1 is 1.08 bits per heavy atom. The SMILES string of the molecule is N#CC1(c2ccc(F)cc2F)CCN(CCCNC(=O)N2C(=O)O[C@@H](C(N)=O)[C@@H]2c2ccc(F)c(F)c2)CC1. The number of carbonyl (C=O) groups excluding carboxylic acids is 3. The van der Waals surface area contributed by atoms with Gasteiger partial charge in [0.25, 0.3) is 5.91 Å². The molecule has 13 heteroatoms. The molecule has 0 saturated carbocycles. The molecule has 2 aromatic carbocycles. The first-order valence-corrected chi connectivity index (χ1v) is 12.2. The van der Waals surface area contributed by atoms with Crippen molar-refractivity contribution in [3.63, 3.8) is 0 Å². The molecule has 3 N–H and O–H groups in total. The fourth-order valence-electron chi connectivity index (χ4n) is 4.98. The smallest absolute Gasteiger partial charge is 0.419 e. The predicted octanol–water partition coefficient (Wildman–Crippen LogP) is 3.25. The number of rotatable bonds is 7. The second kappa shape index (κ2) is 11.3. The lowest BCUT2D eigenvalue weighted by atomic mass is 9.73. The molecule has 0 radical (unpaired) electrons. The zero-order valence-corrected chi connectivity index (χ0v) is 20.6. The maximum atomic E-state index is 14.3. The number of nitrogens with one attached hydrogen (secondary N) is 1. The van der Waals surface area contributed by atoms with Gasteiger partial charge in [-0.2, -0.15) is 5.26 Å². The van der Waals surface area contributed by atoms with Crippen LogP contribution in [0, 0.1) is 34.6 Å². The number of cyclic esters (lactones) is 1. The van der Waals surface area contributed by atoms with Crippen LogP contribution in [0.15, 0.2) is 36.4 Å². The van der Waals surface area contributed by atoms with Crippen LogP contribution >= 0.6 is 0 Å². The third-order valence-electron chi connectivity index (χ3n) is 7.07. The number of nitrogens with two attached hydrogens (primary N) is 1. The van der Waals surface area contributed by atoms with Crippen molar-refractivity contribution in [3.05, 3.63) is 70.8 Å². The second-order valence-corrected chi connectivity index (χ2v) is 9.44. The van der Waals surface area contributed by atoms with E-state index in [-0.39, 0.29) is 17.7 Å². The van der Waals surface area contributed by atoms with Crippen molar-refractivity contribution in [2.45, 2.75) is 36.8 Å². The van der Waals surface area contributed by atoms with E-state index in [1.54, 1.807) is 0 Å². The number of nitriles is 1. The summed E-state index contributed by atoms with van der Waals surface area (Å²) >= 11 is 0. The van der Waals surface area contributed by atoms with Crippen molar-refractivity contribution in [2.75, 3.05) is 26.2 Å². The van der Waals surface area contributed by atoms with Crippen LogP contribution in [0.25, 0.3) is 0 Å². The third-order valence-corrected chi connectivity index (χ3v) is 7.07. The number of ether oxygens (including phenoxy) is 1. The van der Waals surface area contributed by atoms with Crippen molar-refractivity contribution < 1.29 is 36.7 Å². The lowest BCUT2D eigenvalue weighted by Gasteiger charge is -2.37. The molecular weight excluding hydrogens is 522 g/mol. The van der Waals surface area contributed by atoms with Gasteiger partial charge in [-0.05, 0) is 62.7 Å². The Morgan fingerprint density at radius 2 is 1.79 bits per heavy atom. The highest BCUT2D eigenvalue weighted by Gasteiger charge is 2.49. The van der Waals surface area contributed by atoms with Gasteiger partial charge in [-0.15, -0.1) is 0 Å². The molecule has 0 bridgehead atoms. The molecule has 9 nitrogen and oxygen atoms in total. The minimum Gasteiger partial charge on any atom is -0.433 e. The van der Waals surface area contributed by atoms with Crippen LogP contribution in [0.2, 0.25) is 0 Å². The number of likely N-dealkylation sites (tertiary alicyclic amines) is 1. The second-order valence-electron chi connectivity index (χ2n) is 9.44. The van der Waals surface area contributed by atoms with Crippen LogP contribution in [-0.4, -0.2) is 60.1 Å². The van der Waals surface area contributed by atoms with Gasteiger partial charge in [-0.3, -0.25) is 4.79 Å². The number of nitrogens with zero attached hydrogens (tertiary/aromatic N) is 3. The molecule has 4 rings (SSSR count).